The topological polar surface area (TPSA) is 22.1 Å². The summed E-state index contributed by atoms with van der Waals surface area (Å²) in [6.07, 6.45) is 3.70. The number of nitrogens with zero attached hydrogens (tertiary/aromatic N) is 1. The molecule has 0 spiro atoms. The van der Waals surface area contributed by atoms with Gasteiger partial charge >= 0.3 is 0 Å². The van der Waals surface area contributed by atoms with E-state index in [-0.39, 0.29) is 5.15 Å². The van der Waals surface area contributed by atoms with Crippen molar-refractivity contribution in [3.05, 3.63) is 33.4 Å². The molecule has 0 saturated carbocycles. The van der Waals surface area contributed by atoms with Crippen LogP contribution >= 0.6 is 34.8 Å². The van der Waals surface area contributed by atoms with Crippen LogP contribution in [-0.4, -0.2) is 11.6 Å². The number of ether oxygens (including phenoxy) is 1. The van der Waals surface area contributed by atoms with Gasteiger partial charge in [-0.1, -0.05) is 47.0 Å². The van der Waals surface area contributed by atoms with Gasteiger partial charge in [-0.25, -0.2) is 0 Å². The summed E-state index contributed by atoms with van der Waals surface area (Å²) in [4.78, 5) is 3.89. The van der Waals surface area contributed by atoms with Gasteiger partial charge in [-0.2, -0.15) is 4.98 Å². The fraction of sp³-hybridized carbons (Fsp3) is 0.222. The summed E-state index contributed by atoms with van der Waals surface area (Å²) in [6.45, 7) is 2.30. The van der Waals surface area contributed by atoms with Crippen molar-refractivity contribution in [3.8, 4) is 5.88 Å². The predicted molar refractivity (Wildman–Crippen MR) is 59.6 cm³/mol. The molecule has 0 unspecified atom stereocenters. The van der Waals surface area contributed by atoms with Crippen LogP contribution in [0.4, 0.5) is 0 Å². The monoisotopic (exact) mass is 251 g/mol. The average molecular weight is 253 g/mol. The molecule has 0 atom stereocenters. The van der Waals surface area contributed by atoms with Crippen molar-refractivity contribution in [1.82, 2.24) is 4.98 Å². The summed E-state index contributed by atoms with van der Waals surface area (Å²) < 4.78 is 5.24. The number of hydrogen-bond acceptors (Lipinski definition) is 2. The van der Waals surface area contributed by atoms with Gasteiger partial charge in [-0.3, -0.25) is 0 Å². The molecule has 14 heavy (non-hydrogen) atoms. The highest BCUT2D eigenvalue weighted by molar-refractivity contribution is 6.42. The van der Waals surface area contributed by atoms with Crippen LogP contribution in [0.25, 0.3) is 0 Å². The zero-order valence-corrected chi connectivity index (χ0v) is 9.70. The predicted octanol–water partition coefficient (Wildman–Crippen LogP) is 4.00. The first-order valence-electron chi connectivity index (χ1n) is 3.90. The second-order valence-electron chi connectivity index (χ2n) is 2.43. The number of pyridine rings is 1. The Kier molecular flexibility index (Phi) is 4.52. The largest absolute Gasteiger partial charge is 0.472 e. The van der Waals surface area contributed by atoms with Crippen molar-refractivity contribution in [2.75, 3.05) is 6.61 Å². The minimum atomic E-state index is 0.187. The van der Waals surface area contributed by atoms with Crippen LogP contribution in [0.3, 0.4) is 0 Å². The zero-order chi connectivity index (χ0) is 10.6. The summed E-state index contributed by atoms with van der Waals surface area (Å²) in [7, 11) is 0. The van der Waals surface area contributed by atoms with Gasteiger partial charge in [-0.05, 0) is 13.0 Å². The van der Waals surface area contributed by atoms with E-state index in [0.29, 0.717) is 22.5 Å². The zero-order valence-electron chi connectivity index (χ0n) is 7.43. The quantitative estimate of drug-likeness (QED) is 0.599. The van der Waals surface area contributed by atoms with Gasteiger partial charge in [-0.15, -0.1) is 0 Å². The maximum absolute atomic E-state index is 5.83. The molecule has 0 aromatic carbocycles. The van der Waals surface area contributed by atoms with Crippen molar-refractivity contribution in [2.45, 2.75) is 6.92 Å². The van der Waals surface area contributed by atoms with Crippen molar-refractivity contribution < 1.29 is 4.74 Å². The molecule has 0 N–H and O–H groups in total. The molecular weight excluding hydrogens is 244 g/mol. The van der Waals surface area contributed by atoms with Crippen LogP contribution in [0, 0.1) is 0 Å². The van der Waals surface area contributed by atoms with Crippen LogP contribution < -0.4 is 4.74 Å². The molecule has 0 radical (unpaired) electrons. The van der Waals surface area contributed by atoms with E-state index in [1.807, 2.05) is 19.1 Å². The number of aromatic nitrogens is 1. The Hall–Kier alpha value is -0.440. The van der Waals surface area contributed by atoms with E-state index in [9.17, 15) is 0 Å². The molecule has 76 valence electrons. The van der Waals surface area contributed by atoms with Crippen molar-refractivity contribution in [2.24, 2.45) is 0 Å². The normalized spacial score (nSPS) is 10.9. The number of hydrogen-bond donors (Lipinski definition) is 0. The smallest absolute Gasteiger partial charge is 0.234 e. The van der Waals surface area contributed by atoms with Gasteiger partial charge in [0.2, 0.25) is 5.88 Å². The maximum Gasteiger partial charge on any atom is 0.234 e. The van der Waals surface area contributed by atoms with Crippen LogP contribution in [0.5, 0.6) is 5.88 Å². The first-order chi connectivity index (χ1) is 6.65. The number of allylic oxidation sites excluding steroid dienone is 1. The molecule has 0 aliphatic carbocycles. The minimum absolute atomic E-state index is 0.187. The number of halogens is 3. The molecule has 1 heterocycles. The fourth-order valence-electron chi connectivity index (χ4n) is 0.753. The summed E-state index contributed by atoms with van der Waals surface area (Å²) in [5, 5.41) is 0.852. The highest BCUT2D eigenvalue weighted by Crippen LogP contribution is 2.30. The highest BCUT2D eigenvalue weighted by atomic mass is 35.5. The Bertz CT molecular complexity index is 352. The molecule has 0 aliphatic rings. The van der Waals surface area contributed by atoms with E-state index in [0.717, 1.165) is 0 Å². The molecule has 0 aliphatic heterocycles. The molecule has 5 heteroatoms. The molecule has 0 amide bonds. The minimum Gasteiger partial charge on any atom is -0.472 e. The highest BCUT2D eigenvalue weighted by Gasteiger charge is 2.07. The van der Waals surface area contributed by atoms with E-state index in [2.05, 4.69) is 4.98 Å². The Labute approximate surface area is 97.4 Å². The second-order valence-corrected chi connectivity index (χ2v) is 3.60. The van der Waals surface area contributed by atoms with Crippen LogP contribution in [0.2, 0.25) is 15.2 Å². The van der Waals surface area contributed by atoms with Crippen LogP contribution in [0.1, 0.15) is 6.92 Å². The van der Waals surface area contributed by atoms with Gasteiger partial charge in [0.15, 0.2) is 5.15 Å². The summed E-state index contributed by atoms with van der Waals surface area (Å²) in [5.41, 5.74) is 0. The molecule has 0 fully saturated rings. The third-order valence-corrected chi connectivity index (χ3v) is 2.35. The lowest BCUT2D eigenvalue weighted by Crippen LogP contribution is -1.96. The van der Waals surface area contributed by atoms with Gasteiger partial charge < -0.3 is 4.74 Å². The second kappa shape index (κ2) is 5.44. The van der Waals surface area contributed by atoms with E-state index >= 15 is 0 Å². The molecule has 1 aromatic heterocycles. The summed E-state index contributed by atoms with van der Waals surface area (Å²) in [6, 6.07) is 1.50. The van der Waals surface area contributed by atoms with E-state index in [4.69, 9.17) is 39.5 Å². The standard InChI is InChI=1S/C9H8Cl3NO/c1-2-3-4-14-9-7(11)5-6(10)8(12)13-9/h2-3,5H,4H2,1H3/b3-2+. The SMILES string of the molecule is C/C=C/COc1nc(Cl)c(Cl)cc1Cl. The first kappa shape index (κ1) is 11.6. The van der Waals surface area contributed by atoms with Crippen LogP contribution in [-0.2, 0) is 0 Å². The summed E-state index contributed by atoms with van der Waals surface area (Å²) in [5.74, 6) is 0.291. The van der Waals surface area contributed by atoms with E-state index in [1.165, 1.54) is 6.07 Å². The van der Waals surface area contributed by atoms with Crippen molar-refractivity contribution >= 4 is 34.8 Å². The van der Waals surface area contributed by atoms with Gasteiger partial charge in [0.25, 0.3) is 0 Å². The first-order valence-corrected chi connectivity index (χ1v) is 5.04. The lowest BCUT2D eigenvalue weighted by atomic mass is 10.5. The average Bonchev–Trinajstić information content (AvgIpc) is 2.14. The number of rotatable bonds is 3. The molecule has 2 nitrogen and oxygen atoms in total. The maximum atomic E-state index is 5.83. The molecule has 1 rings (SSSR count). The Balaban J connectivity index is 2.81. The Morgan fingerprint density at radius 2 is 2.07 bits per heavy atom. The van der Waals surface area contributed by atoms with E-state index in [1.54, 1.807) is 0 Å². The van der Waals surface area contributed by atoms with E-state index < -0.39 is 0 Å². The Morgan fingerprint density at radius 3 is 2.71 bits per heavy atom. The lowest BCUT2D eigenvalue weighted by molar-refractivity contribution is 0.348. The lowest BCUT2D eigenvalue weighted by Gasteiger charge is -2.05. The molecular formula is C9H8Cl3NO. The molecule has 0 saturated heterocycles. The third kappa shape index (κ3) is 3.05. The van der Waals surface area contributed by atoms with Gasteiger partial charge in [0, 0.05) is 0 Å². The van der Waals surface area contributed by atoms with Gasteiger partial charge in [0.1, 0.15) is 11.6 Å². The molecule has 1 aromatic rings. The van der Waals surface area contributed by atoms with Crippen molar-refractivity contribution in [3.63, 3.8) is 0 Å². The fourth-order valence-corrected chi connectivity index (χ4v) is 1.30. The third-order valence-electron chi connectivity index (χ3n) is 1.41. The van der Waals surface area contributed by atoms with Crippen molar-refractivity contribution in [1.29, 1.82) is 0 Å². The van der Waals surface area contributed by atoms with Crippen LogP contribution in [0.15, 0.2) is 18.2 Å². The summed E-state index contributed by atoms with van der Waals surface area (Å²) >= 11 is 17.2. The molecule has 0 bridgehead atoms. The Morgan fingerprint density at radius 1 is 1.36 bits per heavy atom. The van der Waals surface area contributed by atoms with Gasteiger partial charge in [0.05, 0.1) is 5.02 Å².